The molecule has 1 heteroatoms. The zero-order chi connectivity index (χ0) is 42.9. The van der Waals surface area contributed by atoms with E-state index in [1.807, 2.05) is 59.7 Å². The fraction of sp³-hybridized carbons (Fsp3) is 0.418. The van der Waals surface area contributed by atoms with Crippen LogP contribution in [0.1, 0.15) is 147 Å². The number of allylic oxidation sites excluding steroid dienone is 4. The number of benzene rings is 4. The van der Waals surface area contributed by atoms with Crippen molar-refractivity contribution in [3.63, 3.8) is 0 Å². The van der Waals surface area contributed by atoms with Gasteiger partial charge in [-0.2, -0.15) is 0 Å². The molecule has 2 atom stereocenters. The summed E-state index contributed by atoms with van der Waals surface area (Å²) in [7, 11) is 2.09. The van der Waals surface area contributed by atoms with Crippen molar-refractivity contribution in [1.29, 1.82) is 0 Å². The van der Waals surface area contributed by atoms with Crippen molar-refractivity contribution in [3.05, 3.63) is 172 Å². The molecule has 306 valence electrons. The molecule has 0 spiro atoms. The standard InChI is InChI=1S/C21H31N.C12H14.C10H14.C8H10.2C2H6/c1-7-9-19-20(4,8-2)15-14-18(21(19,5)22-6)17-12-10-16(3)11-13-17;1-9(2)11-7-5-6-8-12(11)10(3)4;1-4-10-6-5-8(2)9(3)7-10;1-2-8-6-4-3-5-7-8;2*1-2/h9-14,22H,7-8,15H2,1-6H3;5-8H,1,3H2,2,4H3;5-7H,4H2,1-3H3;3-7H,2H2,1H3;2*1-2H3/b19-9+;;;;;. The predicted molar refractivity (Wildman–Crippen MR) is 258 cm³/mol. The van der Waals surface area contributed by atoms with Crippen LogP contribution in [-0.2, 0) is 12.8 Å². The Balaban J connectivity index is 0.000000754. The molecule has 0 saturated heterocycles. The second-order valence-corrected chi connectivity index (χ2v) is 14.7. The lowest BCUT2D eigenvalue weighted by Gasteiger charge is -2.48. The lowest BCUT2D eigenvalue weighted by Crippen LogP contribution is -2.49. The van der Waals surface area contributed by atoms with E-state index >= 15 is 0 Å². The summed E-state index contributed by atoms with van der Waals surface area (Å²) in [6.45, 7) is 40.0. The third-order valence-electron chi connectivity index (χ3n) is 10.6. The lowest BCUT2D eigenvalue weighted by molar-refractivity contribution is 0.318. The van der Waals surface area contributed by atoms with E-state index < -0.39 is 0 Å². The summed E-state index contributed by atoms with van der Waals surface area (Å²) in [6, 6.07) is 34.2. The van der Waals surface area contributed by atoms with E-state index in [1.165, 1.54) is 56.5 Å². The highest BCUT2D eigenvalue weighted by atomic mass is 14.9. The molecule has 5 rings (SSSR count). The summed E-state index contributed by atoms with van der Waals surface area (Å²) in [5, 5.41) is 3.63. The topological polar surface area (TPSA) is 12.0 Å². The molecule has 1 N–H and O–H groups in total. The fourth-order valence-corrected chi connectivity index (χ4v) is 6.75. The molecule has 56 heavy (non-hydrogen) atoms. The minimum absolute atomic E-state index is 0.0890. The van der Waals surface area contributed by atoms with E-state index in [0.717, 1.165) is 36.8 Å². The largest absolute Gasteiger partial charge is 0.307 e. The first-order valence-corrected chi connectivity index (χ1v) is 21.4. The summed E-state index contributed by atoms with van der Waals surface area (Å²) in [6.07, 6.45) is 10.6. The summed E-state index contributed by atoms with van der Waals surface area (Å²) in [4.78, 5) is 0. The molecule has 0 bridgehead atoms. The Hall–Kier alpha value is -4.20. The minimum atomic E-state index is -0.0890. The molecular formula is C55H81N. The van der Waals surface area contributed by atoms with Gasteiger partial charge in [-0.05, 0) is 136 Å². The van der Waals surface area contributed by atoms with Gasteiger partial charge in [0.1, 0.15) is 0 Å². The van der Waals surface area contributed by atoms with Gasteiger partial charge in [-0.15, -0.1) is 0 Å². The van der Waals surface area contributed by atoms with Crippen LogP contribution in [-0.4, -0.2) is 12.6 Å². The van der Waals surface area contributed by atoms with Crippen LogP contribution in [0.4, 0.5) is 0 Å². The smallest absolute Gasteiger partial charge is 0.0627 e. The Morgan fingerprint density at radius 2 is 1.16 bits per heavy atom. The maximum atomic E-state index is 3.93. The van der Waals surface area contributed by atoms with Crippen molar-refractivity contribution in [2.45, 2.75) is 141 Å². The molecule has 0 heterocycles. The van der Waals surface area contributed by atoms with E-state index in [0.29, 0.717) is 0 Å². The number of rotatable bonds is 8. The third kappa shape index (κ3) is 15.7. The van der Waals surface area contributed by atoms with Crippen LogP contribution in [0.3, 0.4) is 0 Å². The van der Waals surface area contributed by atoms with Gasteiger partial charge in [0.15, 0.2) is 0 Å². The van der Waals surface area contributed by atoms with Gasteiger partial charge in [-0.3, -0.25) is 0 Å². The molecule has 1 nitrogen and oxygen atoms in total. The molecule has 1 aliphatic carbocycles. The summed E-state index contributed by atoms with van der Waals surface area (Å²) in [5.41, 5.74) is 16.0. The van der Waals surface area contributed by atoms with Crippen LogP contribution in [0, 0.1) is 26.2 Å². The number of hydrogen-bond acceptors (Lipinski definition) is 1. The maximum Gasteiger partial charge on any atom is 0.0627 e. The SMILES string of the molecule is C=C(C)c1ccccc1C(=C)C.CC.CC.CC/C=C1\C(C)(CC)CC=C(c2ccc(C)cc2)C1(C)NC.CCc1ccc(C)c(C)c1.CCc1ccccc1. The third-order valence-corrected chi connectivity index (χ3v) is 10.6. The van der Waals surface area contributed by atoms with Gasteiger partial charge in [-0.25, -0.2) is 0 Å². The Labute approximate surface area is 347 Å². The first kappa shape index (κ1) is 51.8. The second kappa shape index (κ2) is 27.4. The Morgan fingerprint density at radius 1 is 0.661 bits per heavy atom. The normalized spacial score (nSPS) is 17.3. The molecule has 0 aliphatic heterocycles. The Kier molecular flexibility index (Phi) is 25.4. The van der Waals surface area contributed by atoms with Gasteiger partial charge < -0.3 is 5.32 Å². The monoisotopic (exact) mass is 756 g/mol. The van der Waals surface area contributed by atoms with Gasteiger partial charge in [0.2, 0.25) is 0 Å². The molecule has 2 unspecified atom stereocenters. The molecule has 0 radical (unpaired) electrons. The summed E-state index contributed by atoms with van der Waals surface area (Å²) < 4.78 is 0. The fourth-order valence-electron chi connectivity index (χ4n) is 6.75. The zero-order valence-electron chi connectivity index (χ0n) is 38.8. The summed E-state index contributed by atoms with van der Waals surface area (Å²) >= 11 is 0. The first-order valence-electron chi connectivity index (χ1n) is 21.4. The zero-order valence-corrected chi connectivity index (χ0v) is 38.8. The van der Waals surface area contributed by atoms with Gasteiger partial charge >= 0.3 is 0 Å². The Bertz CT molecular complexity index is 1730. The highest BCUT2D eigenvalue weighted by Gasteiger charge is 2.44. The molecular weight excluding hydrogens is 675 g/mol. The highest BCUT2D eigenvalue weighted by Crippen LogP contribution is 2.50. The number of aryl methyl sites for hydroxylation is 5. The minimum Gasteiger partial charge on any atom is -0.307 e. The number of hydrogen-bond donors (Lipinski definition) is 1. The van der Waals surface area contributed by atoms with E-state index in [9.17, 15) is 0 Å². The average Bonchev–Trinajstić information content (AvgIpc) is 3.23. The van der Waals surface area contributed by atoms with E-state index in [-0.39, 0.29) is 11.0 Å². The molecule has 0 amide bonds. The predicted octanol–water partition coefficient (Wildman–Crippen LogP) is 16.4. The van der Waals surface area contributed by atoms with Crippen LogP contribution in [0.15, 0.2) is 128 Å². The average molecular weight is 756 g/mol. The van der Waals surface area contributed by atoms with E-state index in [2.05, 4.69) is 179 Å². The van der Waals surface area contributed by atoms with Gasteiger partial charge in [0, 0.05) is 0 Å². The number of nitrogens with one attached hydrogen (secondary N) is 1. The van der Waals surface area contributed by atoms with Crippen molar-refractivity contribution in [2.75, 3.05) is 7.05 Å². The Morgan fingerprint density at radius 3 is 1.55 bits per heavy atom. The molecule has 0 saturated carbocycles. The van der Waals surface area contributed by atoms with E-state index in [4.69, 9.17) is 0 Å². The summed E-state index contributed by atoms with van der Waals surface area (Å²) in [5.74, 6) is 0. The van der Waals surface area contributed by atoms with Crippen LogP contribution >= 0.6 is 0 Å². The molecule has 1 aliphatic rings. The van der Waals surface area contributed by atoms with Gasteiger partial charge in [-0.1, -0.05) is 201 Å². The molecule has 4 aromatic rings. The van der Waals surface area contributed by atoms with Crippen molar-refractivity contribution in [2.24, 2.45) is 5.41 Å². The lowest BCUT2D eigenvalue weighted by atomic mass is 9.61. The van der Waals surface area contributed by atoms with E-state index in [1.54, 1.807) is 5.57 Å². The van der Waals surface area contributed by atoms with Crippen LogP contribution in [0.5, 0.6) is 0 Å². The van der Waals surface area contributed by atoms with Crippen molar-refractivity contribution < 1.29 is 0 Å². The van der Waals surface area contributed by atoms with Crippen LogP contribution < -0.4 is 5.32 Å². The maximum absolute atomic E-state index is 3.93. The van der Waals surface area contributed by atoms with Crippen LogP contribution in [0.2, 0.25) is 0 Å². The van der Waals surface area contributed by atoms with Crippen molar-refractivity contribution in [3.8, 4) is 0 Å². The molecule has 0 fully saturated rings. The first-order chi connectivity index (χ1) is 26.7. The molecule has 4 aromatic carbocycles. The van der Waals surface area contributed by atoms with Crippen molar-refractivity contribution >= 4 is 16.7 Å². The molecule has 0 aromatic heterocycles. The number of likely N-dealkylation sites (N-methyl/N-ethyl adjacent to an activating group) is 1. The van der Waals surface area contributed by atoms with Crippen LogP contribution in [0.25, 0.3) is 16.7 Å². The quantitative estimate of drug-likeness (QED) is 0.177. The second-order valence-electron chi connectivity index (χ2n) is 14.7. The highest BCUT2D eigenvalue weighted by molar-refractivity contribution is 5.79. The van der Waals surface area contributed by atoms with Gasteiger partial charge in [0.05, 0.1) is 5.54 Å². The van der Waals surface area contributed by atoms with Crippen molar-refractivity contribution in [1.82, 2.24) is 5.32 Å². The van der Waals surface area contributed by atoms with Gasteiger partial charge in [0.25, 0.3) is 0 Å².